The number of aromatic nitrogens is 2. The summed E-state index contributed by atoms with van der Waals surface area (Å²) in [7, 11) is 3.89. The van der Waals surface area contributed by atoms with Crippen LogP contribution in [0.15, 0.2) is 35.3 Å². The Balaban J connectivity index is 1.79. The third-order valence-electron chi connectivity index (χ3n) is 4.05. The molecule has 0 unspecified atom stereocenters. The summed E-state index contributed by atoms with van der Waals surface area (Å²) in [5.41, 5.74) is 4.87. The van der Waals surface area contributed by atoms with Gasteiger partial charge in [0.15, 0.2) is 5.96 Å². The first kappa shape index (κ1) is 18.0. The quantitative estimate of drug-likeness (QED) is 0.504. The van der Waals surface area contributed by atoms with E-state index in [9.17, 15) is 0 Å². The summed E-state index contributed by atoms with van der Waals surface area (Å²) in [6.45, 7) is 8.88. The Morgan fingerprint density at radius 1 is 1.21 bits per heavy atom. The van der Waals surface area contributed by atoms with Crippen LogP contribution >= 0.6 is 0 Å². The number of rotatable bonds is 6. The van der Waals surface area contributed by atoms with Crippen LogP contribution in [0.5, 0.6) is 0 Å². The molecule has 0 saturated heterocycles. The lowest BCUT2D eigenvalue weighted by molar-refractivity contribution is 0.470. The van der Waals surface area contributed by atoms with Gasteiger partial charge in [-0.1, -0.05) is 29.8 Å². The topological polar surface area (TPSA) is 45.5 Å². The van der Waals surface area contributed by atoms with Crippen molar-refractivity contribution in [3.05, 3.63) is 52.8 Å². The maximum atomic E-state index is 4.49. The Hall–Kier alpha value is -2.30. The van der Waals surface area contributed by atoms with E-state index in [0.717, 1.165) is 37.7 Å². The van der Waals surface area contributed by atoms with Crippen LogP contribution in [0.25, 0.3) is 0 Å². The first-order valence-electron chi connectivity index (χ1n) is 8.48. The van der Waals surface area contributed by atoms with Crippen molar-refractivity contribution in [1.82, 2.24) is 20.0 Å². The average molecular weight is 327 g/mol. The fourth-order valence-electron chi connectivity index (χ4n) is 2.76. The zero-order valence-corrected chi connectivity index (χ0v) is 15.5. The van der Waals surface area contributed by atoms with Crippen LogP contribution in [0.3, 0.4) is 0 Å². The van der Waals surface area contributed by atoms with E-state index in [1.165, 1.54) is 16.8 Å². The van der Waals surface area contributed by atoms with Gasteiger partial charge in [-0.15, -0.1) is 0 Å². The predicted molar refractivity (Wildman–Crippen MR) is 100 cm³/mol. The SMILES string of the molecule is CN=C(NCCCn1nc(C)cc1C)N(C)Cc1ccc(C)cc1. The Bertz CT molecular complexity index is 670. The van der Waals surface area contributed by atoms with E-state index in [1.54, 1.807) is 0 Å². The van der Waals surface area contributed by atoms with E-state index in [-0.39, 0.29) is 0 Å². The molecule has 130 valence electrons. The van der Waals surface area contributed by atoms with Gasteiger partial charge in [-0.3, -0.25) is 9.67 Å². The van der Waals surface area contributed by atoms with Crippen LogP contribution in [0.4, 0.5) is 0 Å². The number of nitrogens with zero attached hydrogens (tertiary/aromatic N) is 4. The predicted octanol–water partition coefficient (Wildman–Crippen LogP) is 2.91. The number of nitrogens with one attached hydrogen (secondary N) is 1. The number of hydrogen-bond donors (Lipinski definition) is 1. The second-order valence-electron chi connectivity index (χ2n) is 6.32. The molecule has 0 aliphatic carbocycles. The van der Waals surface area contributed by atoms with E-state index < -0.39 is 0 Å². The van der Waals surface area contributed by atoms with Crippen LogP contribution in [-0.4, -0.2) is 41.3 Å². The monoisotopic (exact) mass is 327 g/mol. The first-order chi connectivity index (χ1) is 11.5. The van der Waals surface area contributed by atoms with Crippen LogP contribution in [0.2, 0.25) is 0 Å². The minimum absolute atomic E-state index is 0.845. The highest BCUT2D eigenvalue weighted by atomic mass is 15.3. The summed E-state index contributed by atoms with van der Waals surface area (Å²) in [5.74, 6) is 0.920. The molecule has 0 amide bonds. The zero-order chi connectivity index (χ0) is 17.5. The van der Waals surface area contributed by atoms with Crippen molar-refractivity contribution in [3.8, 4) is 0 Å². The van der Waals surface area contributed by atoms with Gasteiger partial charge < -0.3 is 10.2 Å². The molecule has 24 heavy (non-hydrogen) atoms. The third-order valence-corrected chi connectivity index (χ3v) is 4.05. The van der Waals surface area contributed by atoms with Crippen LogP contribution in [-0.2, 0) is 13.1 Å². The zero-order valence-electron chi connectivity index (χ0n) is 15.5. The summed E-state index contributed by atoms with van der Waals surface area (Å²) in [4.78, 5) is 6.52. The standard InChI is InChI=1S/C19H29N5/c1-15-7-9-18(10-8-15)14-23(5)19(20-4)21-11-6-12-24-17(3)13-16(2)22-24/h7-10,13H,6,11-12,14H2,1-5H3,(H,20,21). The highest BCUT2D eigenvalue weighted by molar-refractivity contribution is 5.79. The summed E-state index contributed by atoms with van der Waals surface area (Å²) < 4.78 is 2.07. The molecule has 1 aromatic heterocycles. The third kappa shape index (κ3) is 5.11. The Morgan fingerprint density at radius 3 is 2.50 bits per heavy atom. The Kier molecular flexibility index (Phi) is 6.41. The van der Waals surface area contributed by atoms with E-state index >= 15 is 0 Å². The molecule has 1 aromatic carbocycles. The van der Waals surface area contributed by atoms with E-state index in [2.05, 4.69) is 76.2 Å². The van der Waals surface area contributed by atoms with Gasteiger partial charge in [-0.2, -0.15) is 5.10 Å². The van der Waals surface area contributed by atoms with Gasteiger partial charge in [-0.25, -0.2) is 0 Å². The van der Waals surface area contributed by atoms with Crippen molar-refractivity contribution in [2.24, 2.45) is 4.99 Å². The molecule has 0 aliphatic rings. The fourth-order valence-corrected chi connectivity index (χ4v) is 2.76. The van der Waals surface area contributed by atoms with Crippen molar-refractivity contribution in [2.45, 2.75) is 40.3 Å². The van der Waals surface area contributed by atoms with Crippen molar-refractivity contribution in [3.63, 3.8) is 0 Å². The molecule has 0 aliphatic heterocycles. The molecule has 0 fully saturated rings. The lowest BCUT2D eigenvalue weighted by Crippen LogP contribution is -2.39. The van der Waals surface area contributed by atoms with E-state index in [4.69, 9.17) is 0 Å². The summed E-state index contributed by atoms with van der Waals surface area (Å²) in [6.07, 6.45) is 1.01. The van der Waals surface area contributed by atoms with Gasteiger partial charge >= 0.3 is 0 Å². The fraction of sp³-hybridized carbons (Fsp3) is 0.474. The van der Waals surface area contributed by atoms with Crippen molar-refractivity contribution >= 4 is 5.96 Å². The molecule has 0 radical (unpaired) electrons. The maximum Gasteiger partial charge on any atom is 0.193 e. The molecule has 0 atom stereocenters. The molecule has 2 aromatic rings. The smallest absolute Gasteiger partial charge is 0.193 e. The molecule has 1 heterocycles. The highest BCUT2D eigenvalue weighted by Gasteiger charge is 2.06. The molecular formula is C19H29N5. The minimum atomic E-state index is 0.845. The number of benzene rings is 1. The first-order valence-corrected chi connectivity index (χ1v) is 8.48. The Labute approximate surface area is 145 Å². The molecule has 5 nitrogen and oxygen atoms in total. The van der Waals surface area contributed by atoms with Gasteiger partial charge in [0, 0.05) is 39.4 Å². The van der Waals surface area contributed by atoms with Crippen molar-refractivity contribution < 1.29 is 0 Å². The second-order valence-corrected chi connectivity index (χ2v) is 6.32. The normalized spacial score (nSPS) is 11.6. The molecule has 0 spiro atoms. The van der Waals surface area contributed by atoms with Crippen LogP contribution in [0.1, 0.15) is 28.9 Å². The summed E-state index contributed by atoms with van der Waals surface area (Å²) in [6, 6.07) is 10.7. The van der Waals surface area contributed by atoms with Crippen LogP contribution < -0.4 is 5.32 Å². The lowest BCUT2D eigenvalue weighted by Gasteiger charge is -2.22. The van der Waals surface area contributed by atoms with Gasteiger partial charge in [-0.05, 0) is 38.8 Å². The molecule has 2 rings (SSSR count). The van der Waals surface area contributed by atoms with E-state index in [1.807, 2.05) is 14.0 Å². The van der Waals surface area contributed by atoms with Crippen molar-refractivity contribution in [1.29, 1.82) is 0 Å². The highest BCUT2D eigenvalue weighted by Crippen LogP contribution is 2.06. The summed E-state index contributed by atoms with van der Waals surface area (Å²) >= 11 is 0. The molecule has 0 bridgehead atoms. The maximum absolute atomic E-state index is 4.49. The largest absolute Gasteiger partial charge is 0.356 e. The minimum Gasteiger partial charge on any atom is -0.356 e. The van der Waals surface area contributed by atoms with Crippen LogP contribution in [0, 0.1) is 20.8 Å². The molecular weight excluding hydrogens is 298 g/mol. The second kappa shape index (κ2) is 8.52. The number of hydrogen-bond acceptors (Lipinski definition) is 2. The number of guanidine groups is 1. The van der Waals surface area contributed by atoms with Gasteiger partial charge in [0.1, 0.15) is 0 Å². The molecule has 0 saturated carbocycles. The van der Waals surface area contributed by atoms with Gasteiger partial charge in [0.05, 0.1) is 5.69 Å². The summed E-state index contributed by atoms with van der Waals surface area (Å²) in [5, 5.41) is 7.93. The van der Waals surface area contributed by atoms with Crippen molar-refractivity contribution in [2.75, 3.05) is 20.6 Å². The number of aliphatic imine (C=N–C) groups is 1. The van der Waals surface area contributed by atoms with Gasteiger partial charge in [0.2, 0.25) is 0 Å². The molecule has 5 heteroatoms. The van der Waals surface area contributed by atoms with Gasteiger partial charge in [0.25, 0.3) is 0 Å². The van der Waals surface area contributed by atoms with E-state index in [0.29, 0.717) is 0 Å². The number of aryl methyl sites for hydroxylation is 4. The lowest BCUT2D eigenvalue weighted by atomic mass is 10.1. The average Bonchev–Trinajstić information content (AvgIpc) is 2.87. The molecule has 1 N–H and O–H groups in total. The Morgan fingerprint density at radius 2 is 1.92 bits per heavy atom.